The van der Waals surface area contributed by atoms with Crippen molar-refractivity contribution in [1.29, 1.82) is 0 Å². The molecule has 1 heterocycles. The molecular formula is C25H29NO. The quantitative estimate of drug-likeness (QED) is 0.511. The third-order valence-corrected chi connectivity index (χ3v) is 5.48. The van der Waals surface area contributed by atoms with Crippen molar-refractivity contribution >= 4 is 11.8 Å². The van der Waals surface area contributed by atoms with Crippen molar-refractivity contribution in [1.82, 2.24) is 4.90 Å². The van der Waals surface area contributed by atoms with Gasteiger partial charge in [0.25, 0.3) is 0 Å². The molecule has 1 saturated heterocycles. The Labute approximate surface area is 163 Å². The van der Waals surface area contributed by atoms with Gasteiger partial charge < -0.3 is 10.0 Å². The lowest BCUT2D eigenvalue weighted by Gasteiger charge is -2.22. The van der Waals surface area contributed by atoms with E-state index in [1.54, 1.807) is 6.08 Å². The molecule has 2 aromatic carbocycles. The van der Waals surface area contributed by atoms with Crippen molar-refractivity contribution in [2.24, 2.45) is 5.92 Å². The number of likely N-dealkylation sites (tertiary alicyclic amines) is 1. The lowest BCUT2D eigenvalue weighted by molar-refractivity contribution is 0.436. The first-order valence-electron chi connectivity index (χ1n) is 9.59. The molecule has 0 bridgehead atoms. The van der Waals surface area contributed by atoms with Crippen LogP contribution >= 0.6 is 0 Å². The summed E-state index contributed by atoms with van der Waals surface area (Å²) in [5.74, 6) is 0.737. The van der Waals surface area contributed by atoms with Gasteiger partial charge in [0.1, 0.15) is 5.76 Å². The summed E-state index contributed by atoms with van der Waals surface area (Å²) in [5, 5.41) is 9.15. The van der Waals surface area contributed by atoms with Crippen LogP contribution in [0.15, 0.2) is 67.5 Å². The molecule has 1 atom stereocenters. The van der Waals surface area contributed by atoms with Crippen molar-refractivity contribution in [3.05, 3.63) is 95.3 Å². The molecule has 0 spiro atoms. The van der Waals surface area contributed by atoms with Crippen molar-refractivity contribution in [2.45, 2.75) is 26.7 Å². The highest BCUT2D eigenvalue weighted by atomic mass is 16.3. The molecule has 0 radical (unpaired) electrons. The maximum Gasteiger partial charge on any atom is 0.108 e. The minimum atomic E-state index is 0.0779. The summed E-state index contributed by atoms with van der Waals surface area (Å²) in [5.41, 5.74) is 7.46. The monoisotopic (exact) mass is 359 g/mol. The first kappa shape index (κ1) is 19.0. The fourth-order valence-electron chi connectivity index (χ4n) is 3.64. The SMILES string of the molecule is C=C(O)/C=C/c1ccc(CC2CCN(C(=C)c3ccc(C)c(C)c3)C2)cc1. The van der Waals surface area contributed by atoms with Gasteiger partial charge in [0.05, 0.1) is 0 Å². The highest BCUT2D eigenvalue weighted by molar-refractivity contribution is 5.63. The molecule has 2 aromatic rings. The maximum atomic E-state index is 9.15. The van der Waals surface area contributed by atoms with Crippen LogP contribution in [0.1, 0.15) is 34.2 Å². The molecule has 0 saturated carbocycles. The lowest BCUT2D eigenvalue weighted by atomic mass is 9.98. The number of aryl methyl sites for hydroxylation is 2. The summed E-state index contributed by atoms with van der Waals surface area (Å²) < 4.78 is 0. The van der Waals surface area contributed by atoms with E-state index in [4.69, 9.17) is 5.11 Å². The second-order valence-corrected chi connectivity index (χ2v) is 7.62. The maximum absolute atomic E-state index is 9.15. The van der Waals surface area contributed by atoms with Crippen LogP contribution in [0.25, 0.3) is 11.8 Å². The zero-order chi connectivity index (χ0) is 19.4. The zero-order valence-electron chi connectivity index (χ0n) is 16.4. The topological polar surface area (TPSA) is 23.5 Å². The molecule has 0 amide bonds. The van der Waals surface area contributed by atoms with Gasteiger partial charge in [0.15, 0.2) is 0 Å². The standard InChI is InChI=1S/C25H29NO/c1-18-5-12-25(15-19(18)2)21(4)26-14-13-24(17-26)16-23-10-8-22(9-11-23)7-6-20(3)27/h5-12,15,24,27H,3-4,13-14,16-17H2,1-2H3/b7-6+. The Balaban J connectivity index is 1.58. The van der Waals surface area contributed by atoms with E-state index in [0.717, 1.165) is 30.8 Å². The first-order valence-corrected chi connectivity index (χ1v) is 9.59. The van der Waals surface area contributed by atoms with Gasteiger partial charge in [0, 0.05) is 18.8 Å². The van der Waals surface area contributed by atoms with Crippen LogP contribution < -0.4 is 0 Å². The van der Waals surface area contributed by atoms with E-state index in [9.17, 15) is 0 Å². The second-order valence-electron chi connectivity index (χ2n) is 7.62. The lowest BCUT2D eigenvalue weighted by Crippen LogP contribution is -2.19. The number of benzene rings is 2. The van der Waals surface area contributed by atoms with E-state index < -0.39 is 0 Å². The molecule has 1 N–H and O–H groups in total. The average molecular weight is 360 g/mol. The predicted molar refractivity (Wildman–Crippen MR) is 116 cm³/mol. The third kappa shape index (κ3) is 4.91. The molecule has 0 aliphatic carbocycles. The van der Waals surface area contributed by atoms with Gasteiger partial charge in [-0.3, -0.25) is 0 Å². The van der Waals surface area contributed by atoms with E-state index in [1.165, 1.54) is 28.7 Å². The van der Waals surface area contributed by atoms with Gasteiger partial charge in [-0.1, -0.05) is 55.6 Å². The largest absolute Gasteiger partial charge is 0.509 e. The van der Waals surface area contributed by atoms with Gasteiger partial charge >= 0.3 is 0 Å². The Morgan fingerprint density at radius 1 is 1.11 bits per heavy atom. The van der Waals surface area contributed by atoms with Crippen LogP contribution in [0, 0.1) is 19.8 Å². The summed E-state index contributed by atoms with van der Waals surface area (Å²) >= 11 is 0. The van der Waals surface area contributed by atoms with Crippen LogP contribution in [-0.2, 0) is 6.42 Å². The first-order chi connectivity index (χ1) is 12.9. The number of hydrogen-bond donors (Lipinski definition) is 1. The zero-order valence-corrected chi connectivity index (χ0v) is 16.4. The Kier molecular flexibility index (Phi) is 5.85. The fraction of sp³-hybridized carbons (Fsp3) is 0.280. The second kappa shape index (κ2) is 8.30. The predicted octanol–water partition coefficient (Wildman–Crippen LogP) is 5.92. The molecule has 3 rings (SSSR count). The number of aliphatic hydroxyl groups excluding tert-OH is 1. The summed E-state index contributed by atoms with van der Waals surface area (Å²) in [6, 6.07) is 15.2. The summed E-state index contributed by atoms with van der Waals surface area (Å²) in [6.45, 7) is 14.3. The van der Waals surface area contributed by atoms with Crippen LogP contribution in [0.3, 0.4) is 0 Å². The van der Waals surface area contributed by atoms with Crippen molar-refractivity contribution in [3.8, 4) is 0 Å². The van der Waals surface area contributed by atoms with Crippen molar-refractivity contribution in [2.75, 3.05) is 13.1 Å². The highest BCUT2D eigenvalue weighted by Gasteiger charge is 2.24. The van der Waals surface area contributed by atoms with Gasteiger partial charge in [-0.05, 0) is 72.6 Å². The Morgan fingerprint density at radius 3 is 2.52 bits per heavy atom. The molecule has 0 aromatic heterocycles. The van der Waals surface area contributed by atoms with Crippen molar-refractivity contribution < 1.29 is 5.11 Å². The summed E-state index contributed by atoms with van der Waals surface area (Å²) in [4.78, 5) is 2.43. The van der Waals surface area contributed by atoms with Gasteiger partial charge in [-0.2, -0.15) is 0 Å². The number of allylic oxidation sites excluding steroid dienone is 1. The molecule has 1 aliphatic rings. The van der Waals surface area contributed by atoms with Crippen molar-refractivity contribution in [3.63, 3.8) is 0 Å². The van der Waals surface area contributed by atoms with Crippen LogP contribution in [0.5, 0.6) is 0 Å². The fourth-order valence-corrected chi connectivity index (χ4v) is 3.64. The Hall–Kier alpha value is -2.74. The van der Waals surface area contributed by atoms with E-state index in [2.05, 4.69) is 74.4 Å². The molecule has 2 nitrogen and oxygen atoms in total. The van der Waals surface area contributed by atoms with Gasteiger partial charge in [0.2, 0.25) is 0 Å². The molecular weight excluding hydrogens is 330 g/mol. The van der Waals surface area contributed by atoms with Crippen LogP contribution in [0.2, 0.25) is 0 Å². The number of rotatable bonds is 6. The molecule has 2 heteroatoms. The molecule has 1 aliphatic heterocycles. The van der Waals surface area contributed by atoms with Crippen LogP contribution in [0.4, 0.5) is 0 Å². The van der Waals surface area contributed by atoms with E-state index in [1.807, 2.05) is 6.08 Å². The van der Waals surface area contributed by atoms with Gasteiger partial charge in [-0.25, -0.2) is 0 Å². The molecule has 27 heavy (non-hydrogen) atoms. The third-order valence-electron chi connectivity index (χ3n) is 5.48. The highest BCUT2D eigenvalue weighted by Crippen LogP contribution is 2.28. The minimum absolute atomic E-state index is 0.0779. The molecule has 140 valence electrons. The Bertz CT molecular complexity index is 860. The van der Waals surface area contributed by atoms with E-state index in [0.29, 0.717) is 5.92 Å². The minimum Gasteiger partial charge on any atom is -0.509 e. The number of aliphatic hydroxyl groups is 1. The summed E-state index contributed by atoms with van der Waals surface area (Å²) in [7, 11) is 0. The average Bonchev–Trinajstić information content (AvgIpc) is 3.11. The van der Waals surface area contributed by atoms with E-state index in [-0.39, 0.29) is 5.76 Å². The normalized spacial score (nSPS) is 16.8. The van der Waals surface area contributed by atoms with E-state index >= 15 is 0 Å². The Morgan fingerprint density at radius 2 is 1.85 bits per heavy atom. The number of nitrogens with zero attached hydrogens (tertiary/aromatic N) is 1. The molecule has 1 fully saturated rings. The summed E-state index contributed by atoms with van der Waals surface area (Å²) in [6.07, 6.45) is 5.78. The van der Waals surface area contributed by atoms with Gasteiger partial charge in [-0.15, -0.1) is 0 Å². The smallest absolute Gasteiger partial charge is 0.108 e. The van der Waals surface area contributed by atoms with Crippen LogP contribution in [-0.4, -0.2) is 23.1 Å². The molecule has 1 unspecified atom stereocenters. The number of hydrogen-bond acceptors (Lipinski definition) is 2.